The minimum atomic E-state index is -0.496. The minimum Gasteiger partial charge on any atom is -0.332 e. The normalized spacial score (nSPS) is 11.2. The highest BCUT2D eigenvalue weighted by Crippen LogP contribution is 2.32. The van der Waals surface area contributed by atoms with Gasteiger partial charge in [-0.15, -0.1) is 0 Å². The lowest BCUT2D eigenvalue weighted by Gasteiger charge is -2.02. The number of rotatable bonds is 2. The molecule has 2 heterocycles. The molecule has 0 fully saturated rings. The summed E-state index contributed by atoms with van der Waals surface area (Å²) in [5.74, 6) is 0.439. The van der Waals surface area contributed by atoms with Crippen molar-refractivity contribution < 1.29 is 0 Å². The maximum atomic E-state index is 11.9. The van der Waals surface area contributed by atoms with Crippen molar-refractivity contribution in [2.24, 2.45) is 0 Å². The van der Waals surface area contributed by atoms with Gasteiger partial charge in [0.1, 0.15) is 11.3 Å². The van der Waals surface area contributed by atoms with Gasteiger partial charge >= 0.3 is 5.69 Å². The maximum Gasteiger partial charge on any atom is 0.330 e. The molecule has 0 unspecified atom stereocenters. The van der Waals surface area contributed by atoms with E-state index in [2.05, 4.69) is 30.9 Å². The number of aryl methyl sites for hydroxylation is 1. The van der Waals surface area contributed by atoms with Crippen LogP contribution in [0.3, 0.4) is 0 Å². The van der Waals surface area contributed by atoms with Crippen LogP contribution in [0.2, 0.25) is 5.02 Å². The number of nitrogens with zero attached hydrogens (tertiary/aromatic N) is 2. The molecule has 0 radical (unpaired) electrons. The van der Waals surface area contributed by atoms with Crippen LogP contribution in [0.4, 0.5) is 0 Å². The summed E-state index contributed by atoms with van der Waals surface area (Å²) in [6.45, 7) is 2.21. The van der Waals surface area contributed by atoms with Crippen LogP contribution in [0, 0.1) is 0 Å². The third-order valence-electron chi connectivity index (χ3n) is 3.16. The second-order valence-corrected chi connectivity index (χ2v) is 5.62. The fourth-order valence-electron chi connectivity index (χ4n) is 2.15. The molecule has 2 N–H and O–H groups in total. The number of fused-ring (bicyclic) bond motifs is 1. The quantitative estimate of drug-likeness (QED) is 0.728. The topological polar surface area (TPSA) is 83.5 Å². The van der Waals surface area contributed by atoms with Gasteiger partial charge in [0.05, 0.1) is 5.02 Å². The van der Waals surface area contributed by atoms with Crippen LogP contribution < -0.4 is 11.2 Å². The molecule has 0 aliphatic carbocycles. The Labute approximate surface area is 131 Å². The van der Waals surface area contributed by atoms with Gasteiger partial charge in [-0.25, -0.2) is 9.78 Å². The summed E-state index contributed by atoms with van der Waals surface area (Å²) in [5, 5.41) is 0.485. The van der Waals surface area contributed by atoms with Gasteiger partial charge < -0.3 is 4.98 Å². The Morgan fingerprint density at radius 2 is 2.10 bits per heavy atom. The molecule has 3 aromatic rings. The second-order valence-electron chi connectivity index (χ2n) is 4.39. The zero-order valence-corrected chi connectivity index (χ0v) is 13.2. The Bertz CT molecular complexity index is 957. The number of nitrogens with one attached hydrogen (secondary N) is 2. The van der Waals surface area contributed by atoms with Gasteiger partial charge in [0.2, 0.25) is 0 Å². The number of H-pyrrole nitrogens is 2. The van der Waals surface area contributed by atoms with Crippen molar-refractivity contribution in [1.29, 1.82) is 0 Å². The average molecular weight is 370 g/mol. The molecule has 0 saturated heterocycles. The van der Waals surface area contributed by atoms with E-state index >= 15 is 0 Å². The maximum absolute atomic E-state index is 11.9. The van der Waals surface area contributed by atoms with Gasteiger partial charge in [0.15, 0.2) is 5.65 Å². The summed E-state index contributed by atoms with van der Waals surface area (Å²) in [5.41, 5.74) is 0.245. The van der Waals surface area contributed by atoms with Crippen LogP contribution in [-0.2, 0) is 6.54 Å². The molecule has 0 amide bonds. The van der Waals surface area contributed by atoms with Crippen molar-refractivity contribution >= 4 is 38.7 Å². The summed E-state index contributed by atoms with van der Waals surface area (Å²) in [6, 6.07) is 5.41. The number of aromatic amines is 2. The van der Waals surface area contributed by atoms with Crippen LogP contribution in [-0.4, -0.2) is 19.5 Å². The molecule has 1 aromatic carbocycles. The highest BCUT2D eigenvalue weighted by atomic mass is 79.9. The van der Waals surface area contributed by atoms with E-state index < -0.39 is 11.2 Å². The predicted octanol–water partition coefficient (Wildman–Crippen LogP) is 2.52. The summed E-state index contributed by atoms with van der Waals surface area (Å²) >= 11 is 9.58. The van der Waals surface area contributed by atoms with Gasteiger partial charge in [0, 0.05) is 16.6 Å². The Morgan fingerprint density at radius 1 is 1.33 bits per heavy atom. The second kappa shape index (κ2) is 5.16. The molecule has 0 saturated carbocycles. The molecule has 6 nitrogen and oxygen atoms in total. The van der Waals surface area contributed by atoms with Gasteiger partial charge in [0.25, 0.3) is 5.56 Å². The molecule has 0 spiro atoms. The van der Waals surface area contributed by atoms with E-state index in [0.29, 0.717) is 28.6 Å². The smallest absolute Gasteiger partial charge is 0.330 e. The molecule has 8 heteroatoms. The molecule has 0 aliphatic rings. The van der Waals surface area contributed by atoms with Crippen LogP contribution in [0.25, 0.3) is 22.6 Å². The fourth-order valence-corrected chi connectivity index (χ4v) is 2.73. The summed E-state index contributed by atoms with van der Waals surface area (Å²) in [4.78, 5) is 33.2. The lowest BCUT2D eigenvalue weighted by molar-refractivity contribution is 0.720. The zero-order valence-electron chi connectivity index (χ0n) is 10.9. The molecule has 0 atom stereocenters. The van der Waals surface area contributed by atoms with E-state index in [1.807, 2.05) is 12.1 Å². The van der Waals surface area contributed by atoms with Crippen molar-refractivity contribution in [3.8, 4) is 11.4 Å². The third kappa shape index (κ3) is 2.22. The molecule has 0 aliphatic heterocycles. The predicted molar refractivity (Wildman–Crippen MR) is 84.8 cm³/mol. The molecular weight excluding hydrogens is 360 g/mol. The fraction of sp³-hybridized carbons (Fsp3) is 0.154. The van der Waals surface area contributed by atoms with Crippen molar-refractivity contribution in [3.05, 3.63) is 48.5 Å². The van der Waals surface area contributed by atoms with Crippen LogP contribution in [0.1, 0.15) is 6.92 Å². The van der Waals surface area contributed by atoms with Crippen molar-refractivity contribution in [2.75, 3.05) is 0 Å². The largest absolute Gasteiger partial charge is 0.332 e. The lowest BCUT2D eigenvalue weighted by Crippen LogP contribution is -2.29. The van der Waals surface area contributed by atoms with Crippen LogP contribution in [0.5, 0.6) is 0 Å². The first-order valence-electron chi connectivity index (χ1n) is 6.20. The zero-order chi connectivity index (χ0) is 15.1. The Hall–Kier alpha value is -1.86. The highest BCUT2D eigenvalue weighted by Gasteiger charge is 2.15. The summed E-state index contributed by atoms with van der Waals surface area (Å²) in [7, 11) is 0. The number of hydrogen-bond acceptors (Lipinski definition) is 3. The Balaban J connectivity index is 2.37. The standard InChI is InChI=1S/C13H10BrClN4O2/c1-2-19-11-9(12(20)18-13(19)21)16-10(17-11)6-4-3-5-7(14)8(6)15/h3-5H,2H2,1H3,(H,16,17)(H,18,20,21). The number of aromatic nitrogens is 4. The van der Waals surface area contributed by atoms with Crippen LogP contribution in [0.15, 0.2) is 32.3 Å². The van der Waals surface area contributed by atoms with Gasteiger partial charge in [-0.1, -0.05) is 17.7 Å². The highest BCUT2D eigenvalue weighted by molar-refractivity contribution is 9.10. The first kappa shape index (κ1) is 14.1. The monoisotopic (exact) mass is 368 g/mol. The SMILES string of the molecule is CCn1c(=O)[nH]c(=O)c2[nH]c(-c3cccc(Br)c3Cl)nc21. The lowest BCUT2D eigenvalue weighted by atomic mass is 10.2. The van der Waals surface area contributed by atoms with Gasteiger partial charge in [-0.2, -0.15) is 0 Å². The Kier molecular flexibility index (Phi) is 3.46. The Morgan fingerprint density at radius 3 is 2.81 bits per heavy atom. The minimum absolute atomic E-state index is 0.252. The summed E-state index contributed by atoms with van der Waals surface area (Å²) < 4.78 is 2.12. The van der Waals surface area contributed by atoms with E-state index in [4.69, 9.17) is 11.6 Å². The first-order valence-corrected chi connectivity index (χ1v) is 7.37. The van der Waals surface area contributed by atoms with Crippen molar-refractivity contribution in [3.63, 3.8) is 0 Å². The molecule has 0 bridgehead atoms. The van der Waals surface area contributed by atoms with E-state index in [9.17, 15) is 9.59 Å². The number of benzene rings is 1. The third-order valence-corrected chi connectivity index (χ3v) is 4.45. The van der Waals surface area contributed by atoms with E-state index in [1.54, 1.807) is 13.0 Å². The van der Waals surface area contributed by atoms with E-state index in [0.717, 1.165) is 4.47 Å². The van der Waals surface area contributed by atoms with Crippen molar-refractivity contribution in [2.45, 2.75) is 13.5 Å². The number of hydrogen-bond donors (Lipinski definition) is 2. The average Bonchev–Trinajstić information content (AvgIpc) is 2.87. The number of halogens is 2. The first-order chi connectivity index (χ1) is 10.0. The number of imidazole rings is 1. The van der Waals surface area contributed by atoms with Crippen molar-refractivity contribution in [1.82, 2.24) is 19.5 Å². The molecule has 108 valence electrons. The van der Waals surface area contributed by atoms with Crippen LogP contribution >= 0.6 is 27.5 Å². The molecule has 3 rings (SSSR count). The molecule has 21 heavy (non-hydrogen) atoms. The molecule has 2 aromatic heterocycles. The van der Waals surface area contributed by atoms with Gasteiger partial charge in [-0.3, -0.25) is 14.3 Å². The molecular formula is C13H10BrClN4O2. The summed E-state index contributed by atoms with van der Waals surface area (Å²) in [6.07, 6.45) is 0. The van der Waals surface area contributed by atoms with Gasteiger partial charge in [-0.05, 0) is 35.0 Å². The van der Waals surface area contributed by atoms with E-state index in [1.165, 1.54) is 4.57 Å². The van der Waals surface area contributed by atoms with E-state index in [-0.39, 0.29) is 5.52 Å².